The van der Waals surface area contributed by atoms with Crippen LogP contribution in [-0.4, -0.2) is 6.67 Å². The molecule has 1 fully saturated rings. The van der Waals surface area contributed by atoms with Gasteiger partial charge in [0, 0.05) is 0 Å². The Morgan fingerprint density at radius 2 is 1.44 bits per heavy atom. The van der Waals surface area contributed by atoms with Crippen molar-refractivity contribution in [2.45, 2.75) is 42.9 Å². The van der Waals surface area contributed by atoms with E-state index in [0.29, 0.717) is 23.8 Å². The van der Waals surface area contributed by atoms with Crippen molar-refractivity contribution >= 4 is 15.9 Å². The summed E-state index contributed by atoms with van der Waals surface area (Å²) >= 11 is 2.00. The molecule has 2 aromatic carbocycles. The molecule has 0 heterocycles. The van der Waals surface area contributed by atoms with E-state index in [0.717, 1.165) is 43.4 Å². The van der Waals surface area contributed by atoms with Crippen LogP contribution in [0.2, 0.25) is 0 Å². The maximum Gasteiger partial charge on any atom is 0.332 e. The third kappa shape index (κ3) is 4.71. The minimum absolute atomic E-state index is 0.212. The van der Waals surface area contributed by atoms with Crippen LogP contribution in [0.3, 0.4) is 0 Å². The van der Waals surface area contributed by atoms with Crippen LogP contribution in [-0.2, 0) is 4.83 Å². The van der Waals surface area contributed by atoms with Gasteiger partial charge in [-0.05, 0) is 88.7 Å². The van der Waals surface area contributed by atoms with E-state index in [1.165, 1.54) is 0 Å². The summed E-state index contributed by atoms with van der Waals surface area (Å²) < 4.78 is 66.9. The molecule has 0 nitrogen and oxygen atoms in total. The van der Waals surface area contributed by atoms with Crippen molar-refractivity contribution in [3.63, 3.8) is 0 Å². The monoisotopic (exact) mass is 446 g/mol. The van der Waals surface area contributed by atoms with Crippen LogP contribution in [0.25, 0.3) is 11.1 Å². The van der Waals surface area contributed by atoms with Crippen LogP contribution in [0.15, 0.2) is 36.4 Å². The normalized spacial score (nSPS) is 20.7. The highest BCUT2D eigenvalue weighted by atomic mass is 79.9. The van der Waals surface area contributed by atoms with Crippen molar-refractivity contribution in [3.05, 3.63) is 59.2 Å². The van der Waals surface area contributed by atoms with Crippen LogP contribution < -0.4 is 0 Å². The van der Waals surface area contributed by atoms with E-state index in [1.54, 1.807) is 12.1 Å². The van der Waals surface area contributed by atoms with E-state index >= 15 is 0 Å². The third-order valence-corrected chi connectivity index (χ3v) is 5.80. The number of hydrogen-bond acceptors (Lipinski definition) is 0. The summed E-state index contributed by atoms with van der Waals surface area (Å²) in [7, 11) is 0. The molecule has 0 radical (unpaired) electrons. The van der Waals surface area contributed by atoms with Crippen molar-refractivity contribution in [2.24, 2.45) is 5.92 Å². The van der Waals surface area contributed by atoms with Gasteiger partial charge in [-0.25, -0.2) is 8.78 Å². The standard InChI is InChI=1S/C21H20BrF5/c22-21(26,27)20-18(24)11-17(12-19(20)25)16-7-5-15(6-8-16)14-3-1-13(2-4-14)9-10-23/h5-8,11-14H,1-4,9-10H2. The molecule has 0 spiro atoms. The first kappa shape index (κ1) is 20.3. The quantitative estimate of drug-likeness (QED) is 0.325. The fourth-order valence-corrected chi connectivity index (χ4v) is 4.28. The van der Waals surface area contributed by atoms with Gasteiger partial charge in [0.15, 0.2) is 0 Å². The molecule has 0 amide bonds. The second-order valence-electron chi connectivity index (χ2n) is 7.13. The lowest BCUT2D eigenvalue weighted by Gasteiger charge is -2.28. The van der Waals surface area contributed by atoms with Crippen LogP contribution in [0.5, 0.6) is 0 Å². The van der Waals surface area contributed by atoms with Crippen molar-refractivity contribution in [1.82, 2.24) is 0 Å². The molecule has 0 N–H and O–H groups in total. The Hall–Kier alpha value is -1.43. The molecular weight excluding hydrogens is 427 g/mol. The lowest BCUT2D eigenvalue weighted by atomic mass is 9.77. The minimum Gasteiger partial charge on any atom is -0.251 e. The number of alkyl halides is 4. The van der Waals surface area contributed by atoms with E-state index in [4.69, 9.17) is 0 Å². The Bertz CT molecular complexity index is 751. The summed E-state index contributed by atoms with van der Waals surface area (Å²) in [4.78, 5) is -3.76. The first-order valence-corrected chi connectivity index (χ1v) is 9.81. The minimum atomic E-state index is -3.76. The van der Waals surface area contributed by atoms with Gasteiger partial charge >= 0.3 is 4.83 Å². The molecule has 0 aromatic heterocycles. The highest BCUT2D eigenvalue weighted by molar-refractivity contribution is 9.09. The molecule has 3 rings (SSSR count). The smallest absolute Gasteiger partial charge is 0.251 e. The summed E-state index contributed by atoms with van der Waals surface area (Å²) in [5, 5.41) is 0. The number of hydrogen-bond donors (Lipinski definition) is 0. The molecular formula is C21H20BrF5. The molecule has 0 saturated heterocycles. The van der Waals surface area contributed by atoms with Crippen LogP contribution >= 0.6 is 15.9 Å². The summed E-state index contributed by atoms with van der Waals surface area (Å²) in [6.07, 6.45) is 4.65. The van der Waals surface area contributed by atoms with Crippen molar-refractivity contribution < 1.29 is 22.0 Å². The van der Waals surface area contributed by atoms with Gasteiger partial charge in [-0.2, -0.15) is 8.78 Å². The lowest BCUT2D eigenvalue weighted by molar-refractivity contribution is 0.105. The third-order valence-electron chi connectivity index (χ3n) is 5.41. The van der Waals surface area contributed by atoms with E-state index in [-0.39, 0.29) is 12.2 Å². The summed E-state index contributed by atoms with van der Waals surface area (Å²) in [6, 6.07) is 9.18. The number of halogens is 6. The van der Waals surface area contributed by atoms with E-state index in [9.17, 15) is 22.0 Å². The average molecular weight is 447 g/mol. The molecule has 146 valence electrons. The maximum atomic E-state index is 14.0. The van der Waals surface area contributed by atoms with Gasteiger partial charge in [-0.1, -0.05) is 24.3 Å². The molecule has 0 atom stereocenters. The number of benzene rings is 2. The molecule has 6 heteroatoms. The fourth-order valence-electron chi connectivity index (χ4n) is 3.90. The van der Waals surface area contributed by atoms with Gasteiger partial charge in [0.1, 0.15) is 17.2 Å². The molecule has 0 bridgehead atoms. The molecule has 0 unspecified atom stereocenters. The summed E-state index contributed by atoms with van der Waals surface area (Å²) in [6.45, 7) is -0.267. The van der Waals surface area contributed by atoms with Crippen LogP contribution in [0.1, 0.15) is 49.1 Å². The van der Waals surface area contributed by atoms with Crippen molar-refractivity contribution in [3.8, 4) is 11.1 Å². The zero-order chi connectivity index (χ0) is 19.6. The Labute approximate surface area is 163 Å². The topological polar surface area (TPSA) is 0 Å². The van der Waals surface area contributed by atoms with Crippen molar-refractivity contribution in [1.29, 1.82) is 0 Å². The SMILES string of the molecule is FCCC1CCC(c2ccc(-c3cc(F)c(C(F)(F)Br)c(F)c3)cc2)CC1. The zero-order valence-electron chi connectivity index (χ0n) is 14.6. The van der Waals surface area contributed by atoms with Gasteiger partial charge in [0.2, 0.25) is 0 Å². The highest BCUT2D eigenvalue weighted by Crippen LogP contribution is 2.40. The van der Waals surface area contributed by atoms with E-state index in [2.05, 4.69) is 0 Å². The van der Waals surface area contributed by atoms with Gasteiger partial charge in [0.25, 0.3) is 0 Å². The Kier molecular flexibility index (Phi) is 6.24. The second-order valence-corrected chi connectivity index (χ2v) is 8.13. The Morgan fingerprint density at radius 3 is 1.93 bits per heavy atom. The molecule has 1 aliphatic carbocycles. The summed E-state index contributed by atoms with van der Waals surface area (Å²) in [5.74, 6) is -1.72. The lowest BCUT2D eigenvalue weighted by Crippen LogP contribution is -2.13. The van der Waals surface area contributed by atoms with Crippen LogP contribution in [0.4, 0.5) is 22.0 Å². The predicted octanol–water partition coefficient (Wildman–Crippen LogP) is 7.71. The Balaban J connectivity index is 1.76. The average Bonchev–Trinajstić information content (AvgIpc) is 2.61. The van der Waals surface area contributed by atoms with Crippen LogP contribution in [0, 0.1) is 17.6 Å². The van der Waals surface area contributed by atoms with Gasteiger partial charge in [-0.3, -0.25) is 4.39 Å². The largest absolute Gasteiger partial charge is 0.332 e. The van der Waals surface area contributed by atoms with E-state index in [1.807, 2.05) is 28.1 Å². The zero-order valence-corrected chi connectivity index (χ0v) is 16.2. The molecule has 2 aromatic rings. The van der Waals surface area contributed by atoms with Gasteiger partial charge in [-0.15, -0.1) is 0 Å². The molecule has 1 aliphatic rings. The summed E-state index contributed by atoms with van der Waals surface area (Å²) in [5.41, 5.74) is 0.630. The van der Waals surface area contributed by atoms with Gasteiger partial charge < -0.3 is 0 Å². The predicted molar refractivity (Wildman–Crippen MR) is 99.9 cm³/mol. The first-order valence-electron chi connectivity index (χ1n) is 9.02. The molecule has 1 saturated carbocycles. The van der Waals surface area contributed by atoms with Gasteiger partial charge in [0.05, 0.1) is 6.67 Å². The first-order chi connectivity index (χ1) is 12.8. The highest BCUT2D eigenvalue weighted by Gasteiger charge is 2.34. The molecule has 0 aliphatic heterocycles. The van der Waals surface area contributed by atoms with E-state index < -0.39 is 22.0 Å². The Morgan fingerprint density at radius 1 is 0.889 bits per heavy atom. The second kappa shape index (κ2) is 8.29. The fraction of sp³-hybridized carbons (Fsp3) is 0.429. The van der Waals surface area contributed by atoms with Crippen molar-refractivity contribution in [2.75, 3.05) is 6.67 Å². The number of rotatable bonds is 5. The maximum absolute atomic E-state index is 14.0. The molecule has 27 heavy (non-hydrogen) atoms.